The summed E-state index contributed by atoms with van der Waals surface area (Å²) in [6, 6.07) is 25.7. The molecule has 0 heterocycles. The van der Waals surface area contributed by atoms with Crippen LogP contribution in [0.15, 0.2) is 88.4 Å². The number of rotatable bonds is 3. The molecule has 4 rings (SSSR count). The number of halogens is 1. The Morgan fingerprint density at radius 3 is 2.04 bits per heavy atom. The minimum Gasteiger partial charge on any atom is -0.267 e. The van der Waals surface area contributed by atoms with Crippen LogP contribution in [0, 0.1) is 0 Å². The van der Waals surface area contributed by atoms with Crippen LogP contribution in [0.3, 0.4) is 0 Å². The van der Waals surface area contributed by atoms with Gasteiger partial charge in [-0.1, -0.05) is 64.5 Å². The zero-order valence-electron chi connectivity index (χ0n) is 13.8. The van der Waals surface area contributed by atoms with E-state index in [1.54, 1.807) is 18.3 Å². The molecule has 0 aliphatic carbocycles. The summed E-state index contributed by atoms with van der Waals surface area (Å²) in [5.41, 5.74) is 4.17. The van der Waals surface area contributed by atoms with E-state index in [1.807, 2.05) is 36.4 Å². The Balaban J connectivity index is 1.70. The van der Waals surface area contributed by atoms with Gasteiger partial charge < -0.3 is 0 Å². The third-order valence-electron chi connectivity index (χ3n) is 4.28. The van der Waals surface area contributed by atoms with Gasteiger partial charge >= 0.3 is 0 Å². The smallest absolute Gasteiger partial charge is 0.267 e. The molecule has 0 saturated heterocycles. The van der Waals surface area contributed by atoms with Crippen molar-refractivity contribution in [2.75, 3.05) is 0 Å². The van der Waals surface area contributed by atoms with Gasteiger partial charge in [-0.3, -0.25) is 4.79 Å². The van der Waals surface area contributed by atoms with Crippen molar-refractivity contribution in [3.05, 3.63) is 94.5 Å². The average molecular weight is 403 g/mol. The molecule has 4 heteroatoms. The number of carbonyl (C=O) groups is 1. The average Bonchev–Trinajstić information content (AvgIpc) is 2.68. The standard InChI is InChI=1S/C22H15BrN2O/c23-18-11-9-15(10-12-18)22(26)25-24-14-21-19-7-3-1-5-16(19)13-17-6-2-4-8-20(17)21/h1-14H,(H,25,26). The molecule has 3 nitrogen and oxygen atoms in total. The molecule has 0 unspecified atom stereocenters. The van der Waals surface area contributed by atoms with Crippen LogP contribution in [-0.4, -0.2) is 12.1 Å². The fourth-order valence-electron chi connectivity index (χ4n) is 3.01. The molecule has 1 N–H and O–H groups in total. The highest BCUT2D eigenvalue weighted by atomic mass is 79.9. The number of carbonyl (C=O) groups excluding carboxylic acids is 1. The van der Waals surface area contributed by atoms with Gasteiger partial charge in [0.1, 0.15) is 0 Å². The van der Waals surface area contributed by atoms with E-state index < -0.39 is 0 Å². The molecule has 1 amide bonds. The van der Waals surface area contributed by atoms with E-state index in [9.17, 15) is 4.79 Å². The number of nitrogens with zero attached hydrogens (tertiary/aromatic N) is 1. The van der Waals surface area contributed by atoms with Crippen molar-refractivity contribution in [1.29, 1.82) is 0 Å². The van der Waals surface area contributed by atoms with Gasteiger partial charge in [0.15, 0.2) is 0 Å². The highest BCUT2D eigenvalue weighted by Crippen LogP contribution is 2.27. The SMILES string of the molecule is O=C(NN=Cc1c2ccccc2cc2ccccc12)c1ccc(Br)cc1. The highest BCUT2D eigenvalue weighted by molar-refractivity contribution is 9.10. The molecule has 0 saturated carbocycles. The molecule has 0 aliphatic heterocycles. The van der Waals surface area contributed by atoms with E-state index in [1.165, 1.54) is 0 Å². The van der Waals surface area contributed by atoms with Crippen molar-refractivity contribution >= 4 is 49.6 Å². The molecule has 0 fully saturated rings. The summed E-state index contributed by atoms with van der Waals surface area (Å²) in [4.78, 5) is 12.2. The maximum Gasteiger partial charge on any atom is 0.271 e. The van der Waals surface area contributed by atoms with Crippen LogP contribution in [0.2, 0.25) is 0 Å². The second kappa shape index (κ2) is 7.10. The lowest BCUT2D eigenvalue weighted by Gasteiger charge is -2.08. The number of nitrogens with one attached hydrogen (secondary N) is 1. The Hall–Kier alpha value is -2.98. The quantitative estimate of drug-likeness (QED) is 0.273. The van der Waals surface area contributed by atoms with Crippen LogP contribution in [0.25, 0.3) is 21.5 Å². The number of amides is 1. The van der Waals surface area contributed by atoms with Gasteiger partial charge in [-0.05, 0) is 51.9 Å². The van der Waals surface area contributed by atoms with Gasteiger partial charge in [0.05, 0.1) is 6.21 Å². The van der Waals surface area contributed by atoms with Crippen molar-refractivity contribution in [3.8, 4) is 0 Å². The van der Waals surface area contributed by atoms with E-state index in [4.69, 9.17) is 0 Å². The van der Waals surface area contributed by atoms with Gasteiger partial charge in [-0.2, -0.15) is 5.10 Å². The molecule has 0 radical (unpaired) electrons. The first-order valence-electron chi connectivity index (χ1n) is 8.22. The van der Waals surface area contributed by atoms with Crippen LogP contribution in [0.4, 0.5) is 0 Å². The number of hydrazone groups is 1. The largest absolute Gasteiger partial charge is 0.271 e. The van der Waals surface area contributed by atoms with E-state index in [0.29, 0.717) is 5.56 Å². The monoisotopic (exact) mass is 402 g/mol. The summed E-state index contributed by atoms with van der Waals surface area (Å²) in [7, 11) is 0. The molecular formula is C22H15BrN2O. The molecule has 0 aliphatic rings. The summed E-state index contributed by atoms with van der Waals surface area (Å²) in [5, 5.41) is 8.70. The van der Waals surface area contributed by atoms with Gasteiger partial charge in [0, 0.05) is 15.6 Å². The zero-order valence-corrected chi connectivity index (χ0v) is 15.4. The Morgan fingerprint density at radius 2 is 1.42 bits per heavy atom. The number of fused-ring (bicyclic) bond motifs is 2. The molecule has 0 atom stereocenters. The fraction of sp³-hybridized carbons (Fsp3) is 0. The van der Waals surface area contributed by atoms with Crippen LogP contribution in [0.5, 0.6) is 0 Å². The van der Waals surface area contributed by atoms with Gasteiger partial charge in [0.25, 0.3) is 5.91 Å². The predicted octanol–water partition coefficient (Wildman–Crippen LogP) is 5.52. The lowest BCUT2D eigenvalue weighted by Crippen LogP contribution is -2.17. The zero-order chi connectivity index (χ0) is 17.9. The third kappa shape index (κ3) is 3.24. The van der Waals surface area contributed by atoms with Crippen molar-refractivity contribution in [1.82, 2.24) is 5.43 Å². The third-order valence-corrected chi connectivity index (χ3v) is 4.81. The first-order valence-corrected chi connectivity index (χ1v) is 9.01. The molecule has 126 valence electrons. The molecule has 0 spiro atoms. The van der Waals surface area contributed by atoms with Gasteiger partial charge in [-0.15, -0.1) is 0 Å². The lowest BCUT2D eigenvalue weighted by atomic mass is 9.97. The molecule has 0 aromatic heterocycles. The van der Waals surface area contributed by atoms with E-state index in [-0.39, 0.29) is 5.91 Å². The Morgan fingerprint density at radius 1 is 0.846 bits per heavy atom. The summed E-state index contributed by atoms with van der Waals surface area (Å²) in [5.74, 6) is -0.238. The molecule has 0 bridgehead atoms. The Kier molecular flexibility index (Phi) is 4.50. The van der Waals surface area contributed by atoms with E-state index >= 15 is 0 Å². The van der Waals surface area contributed by atoms with Crippen LogP contribution in [0.1, 0.15) is 15.9 Å². The summed E-state index contributed by atoms with van der Waals surface area (Å²) >= 11 is 3.36. The summed E-state index contributed by atoms with van der Waals surface area (Å²) < 4.78 is 0.930. The molecular weight excluding hydrogens is 388 g/mol. The molecule has 4 aromatic carbocycles. The van der Waals surface area contributed by atoms with Crippen LogP contribution < -0.4 is 5.43 Å². The minimum atomic E-state index is -0.238. The number of hydrogen-bond donors (Lipinski definition) is 1. The second-order valence-electron chi connectivity index (χ2n) is 5.94. The highest BCUT2D eigenvalue weighted by Gasteiger charge is 2.06. The van der Waals surface area contributed by atoms with Gasteiger partial charge in [0.2, 0.25) is 0 Å². The van der Waals surface area contributed by atoms with Gasteiger partial charge in [-0.25, -0.2) is 5.43 Å². The van der Waals surface area contributed by atoms with Crippen molar-refractivity contribution in [2.45, 2.75) is 0 Å². The lowest BCUT2D eigenvalue weighted by molar-refractivity contribution is 0.0955. The first kappa shape index (κ1) is 16.5. The first-order chi connectivity index (χ1) is 12.7. The summed E-state index contributed by atoms with van der Waals surface area (Å²) in [6.45, 7) is 0. The Labute approximate surface area is 159 Å². The molecule has 26 heavy (non-hydrogen) atoms. The molecule has 4 aromatic rings. The minimum absolute atomic E-state index is 0.238. The fourth-order valence-corrected chi connectivity index (χ4v) is 3.27. The Bertz CT molecular complexity index is 1080. The second-order valence-corrected chi connectivity index (χ2v) is 6.85. The van der Waals surface area contributed by atoms with Crippen molar-refractivity contribution in [3.63, 3.8) is 0 Å². The maximum atomic E-state index is 12.2. The van der Waals surface area contributed by atoms with E-state index in [2.05, 4.69) is 56.8 Å². The normalized spacial score (nSPS) is 11.3. The van der Waals surface area contributed by atoms with Crippen molar-refractivity contribution in [2.24, 2.45) is 5.10 Å². The number of benzene rings is 4. The van der Waals surface area contributed by atoms with Crippen molar-refractivity contribution < 1.29 is 4.79 Å². The topological polar surface area (TPSA) is 41.5 Å². The van der Waals surface area contributed by atoms with E-state index in [0.717, 1.165) is 31.6 Å². The predicted molar refractivity (Wildman–Crippen MR) is 111 cm³/mol. The van der Waals surface area contributed by atoms with Crippen LogP contribution >= 0.6 is 15.9 Å². The van der Waals surface area contributed by atoms with Crippen LogP contribution in [-0.2, 0) is 0 Å². The number of hydrogen-bond acceptors (Lipinski definition) is 2. The maximum absolute atomic E-state index is 12.2. The summed E-state index contributed by atoms with van der Waals surface area (Å²) in [6.07, 6.45) is 1.72.